The third kappa shape index (κ3) is 1.96. The Morgan fingerprint density at radius 1 is 1.14 bits per heavy atom. The zero-order valence-electron chi connectivity index (χ0n) is 8.32. The molecule has 1 heteroatoms. The van der Waals surface area contributed by atoms with Gasteiger partial charge in [-0.3, -0.25) is 0 Å². The van der Waals surface area contributed by atoms with E-state index in [2.05, 4.69) is 30.3 Å². The highest BCUT2D eigenvalue weighted by Crippen LogP contribution is 2.35. The molecule has 1 saturated carbocycles. The summed E-state index contributed by atoms with van der Waals surface area (Å²) in [4.78, 5) is 0. The summed E-state index contributed by atoms with van der Waals surface area (Å²) in [6.45, 7) is 0. The van der Waals surface area contributed by atoms with Crippen LogP contribution in [-0.4, -0.2) is 0 Å². The van der Waals surface area contributed by atoms with Crippen LogP contribution in [0, 0.1) is 17.2 Å². The molecule has 1 aromatic rings. The fraction of sp³-hybridized carbons (Fsp3) is 0.462. The molecule has 0 amide bonds. The Hall–Kier alpha value is -1.29. The Bertz CT molecular complexity index is 323. The number of nitriles is 1. The highest BCUT2D eigenvalue weighted by Gasteiger charge is 2.22. The molecule has 0 radical (unpaired) electrons. The second kappa shape index (κ2) is 4.28. The highest BCUT2D eigenvalue weighted by atomic mass is 14.3. The van der Waals surface area contributed by atoms with Crippen LogP contribution in [0.15, 0.2) is 30.3 Å². The van der Waals surface area contributed by atoms with Crippen LogP contribution in [0.1, 0.15) is 37.2 Å². The minimum atomic E-state index is 0.286. The van der Waals surface area contributed by atoms with Gasteiger partial charge >= 0.3 is 0 Å². The molecule has 1 aliphatic carbocycles. The summed E-state index contributed by atoms with van der Waals surface area (Å²) < 4.78 is 0. The van der Waals surface area contributed by atoms with Gasteiger partial charge in [0.05, 0.1) is 6.07 Å². The molecule has 1 aliphatic rings. The van der Waals surface area contributed by atoms with Gasteiger partial charge < -0.3 is 0 Å². The molecule has 0 heterocycles. The summed E-state index contributed by atoms with van der Waals surface area (Å²) in [5.74, 6) is 0.906. The van der Waals surface area contributed by atoms with E-state index < -0.39 is 0 Å². The van der Waals surface area contributed by atoms with Gasteiger partial charge in [0, 0.05) is 5.92 Å². The first-order valence-electron chi connectivity index (χ1n) is 5.34. The van der Waals surface area contributed by atoms with Gasteiger partial charge in [-0.1, -0.05) is 36.8 Å². The summed E-state index contributed by atoms with van der Waals surface area (Å²) in [5.41, 5.74) is 1.41. The maximum Gasteiger partial charge on any atom is 0.0656 e. The summed E-state index contributed by atoms with van der Waals surface area (Å²) in [5, 5.41) is 8.91. The van der Waals surface area contributed by atoms with Gasteiger partial charge in [-0.05, 0) is 30.7 Å². The molecule has 0 spiro atoms. The van der Waals surface area contributed by atoms with E-state index in [-0.39, 0.29) is 5.92 Å². The molecule has 0 N–H and O–H groups in total. The SMILES string of the molecule is N#CC1CCC[C@@H](c2ccccc2)C1. The van der Waals surface area contributed by atoms with E-state index in [0.29, 0.717) is 5.92 Å². The molecular formula is C13H15N. The van der Waals surface area contributed by atoms with Crippen molar-refractivity contribution in [2.75, 3.05) is 0 Å². The van der Waals surface area contributed by atoms with E-state index in [9.17, 15) is 0 Å². The summed E-state index contributed by atoms with van der Waals surface area (Å²) in [7, 11) is 0. The van der Waals surface area contributed by atoms with Crippen molar-refractivity contribution in [1.82, 2.24) is 0 Å². The minimum absolute atomic E-state index is 0.286. The molecule has 0 saturated heterocycles. The highest BCUT2D eigenvalue weighted by molar-refractivity contribution is 5.20. The summed E-state index contributed by atoms with van der Waals surface area (Å²) in [6.07, 6.45) is 4.61. The number of benzene rings is 1. The normalized spacial score (nSPS) is 26.8. The van der Waals surface area contributed by atoms with E-state index in [1.165, 1.54) is 18.4 Å². The average molecular weight is 185 g/mol. The van der Waals surface area contributed by atoms with Crippen LogP contribution in [-0.2, 0) is 0 Å². The Labute approximate surface area is 85.4 Å². The van der Waals surface area contributed by atoms with Crippen LogP contribution in [0.2, 0.25) is 0 Å². The fourth-order valence-electron chi connectivity index (χ4n) is 2.34. The molecular weight excluding hydrogens is 170 g/mol. The molecule has 1 aromatic carbocycles. The summed E-state index contributed by atoms with van der Waals surface area (Å²) in [6, 6.07) is 13.0. The zero-order valence-corrected chi connectivity index (χ0v) is 8.32. The van der Waals surface area contributed by atoms with Crippen LogP contribution >= 0.6 is 0 Å². The van der Waals surface area contributed by atoms with Crippen LogP contribution in [0.25, 0.3) is 0 Å². The lowest BCUT2D eigenvalue weighted by molar-refractivity contribution is 0.379. The minimum Gasteiger partial charge on any atom is -0.198 e. The van der Waals surface area contributed by atoms with Crippen LogP contribution in [0.4, 0.5) is 0 Å². The number of rotatable bonds is 1. The number of hydrogen-bond acceptors (Lipinski definition) is 1. The van der Waals surface area contributed by atoms with Gasteiger partial charge in [0.2, 0.25) is 0 Å². The van der Waals surface area contributed by atoms with Gasteiger partial charge in [-0.15, -0.1) is 0 Å². The molecule has 1 nitrogen and oxygen atoms in total. The molecule has 0 aliphatic heterocycles. The van der Waals surface area contributed by atoms with Crippen molar-refractivity contribution in [3.05, 3.63) is 35.9 Å². The largest absolute Gasteiger partial charge is 0.198 e. The third-order valence-corrected chi connectivity index (χ3v) is 3.13. The second-order valence-corrected chi connectivity index (χ2v) is 4.10. The van der Waals surface area contributed by atoms with Crippen LogP contribution in [0.5, 0.6) is 0 Å². The van der Waals surface area contributed by atoms with Crippen molar-refractivity contribution in [2.45, 2.75) is 31.6 Å². The molecule has 1 fully saturated rings. The predicted molar refractivity (Wildman–Crippen MR) is 56.8 cm³/mol. The van der Waals surface area contributed by atoms with Crippen molar-refractivity contribution >= 4 is 0 Å². The van der Waals surface area contributed by atoms with Crippen molar-refractivity contribution in [3.63, 3.8) is 0 Å². The first-order chi connectivity index (χ1) is 6.90. The van der Waals surface area contributed by atoms with E-state index in [0.717, 1.165) is 12.8 Å². The van der Waals surface area contributed by atoms with Crippen molar-refractivity contribution < 1.29 is 0 Å². The molecule has 2 atom stereocenters. The van der Waals surface area contributed by atoms with E-state index in [1.54, 1.807) is 0 Å². The number of nitrogens with zero attached hydrogens (tertiary/aromatic N) is 1. The van der Waals surface area contributed by atoms with Crippen LogP contribution in [0.3, 0.4) is 0 Å². The second-order valence-electron chi connectivity index (χ2n) is 4.10. The third-order valence-electron chi connectivity index (χ3n) is 3.13. The zero-order chi connectivity index (χ0) is 9.80. The standard InChI is InChI=1S/C13H15N/c14-10-11-5-4-8-13(9-11)12-6-2-1-3-7-12/h1-3,6-7,11,13H,4-5,8-9H2/t11?,13-/m1/s1. The lowest BCUT2D eigenvalue weighted by atomic mass is 9.79. The van der Waals surface area contributed by atoms with E-state index in [1.807, 2.05) is 6.07 Å². The molecule has 14 heavy (non-hydrogen) atoms. The quantitative estimate of drug-likeness (QED) is 0.657. The Morgan fingerprint density at radius 2 is 1.93 bits per heavy atom. The fourth-order valence-corrected chi connectivity index (χ4v) is 2.34. The van der Waals surface area contributed by atoms with Gasteiger partial charge in [0.15, 0.2) is 0 Å². The molecule has 72 valence electrons. The van der Waals surface area contributed by atoms with Gasteiger partial charge in [-0.25, -0.2) is 0 Å². The molecule has 0 aromatic heterocycles. The topological polar surface area (TPSA) is 23.8 Å². The monoisotopic (exact) mass is 185 g/mol. The molecule has 1 unspecified atom stereocenters. The Balaban J connectivity index is 2.09. The maximum atomic E-state index is 8.91. The maximum absolute atomic E-state index is 8.91. The lowest BCUT2D eigenvalue weighted by Gasteiger charge is -2.25. The lowest BCUT2D eigenvalue weighted by Crippen LogP contribution is -2.12. The van der Waals surface area contributed by atoms with E-state index in [4.69, 9.17) is 5.26 Å². The first-order valence-corrected chi connectivity index (χ1v) is 5.34. The van der Waals surface area contributed by atoms with Crippen molar-refractivity contribution in [2.24, 2.45) is 5.92 Å². The first kappa shape index (κ1) is 9.27. The summed E-state index contributed by atoms with van der Waals surface area (Å²) >= 11 is 0. The van der Waals surface area contributed by atoms with E-state index >= 15 is 0 Å². The average Bonchev–Trinajstić information content (AvgIpc) is 2.30. The van der Waals surface area contributed by atoms with Crippen molar-refractivity contribution in [1.29, 1.82) is 5.26 Å². The van der Waals surface area contributed by atoms with Crippen molar-refractivity contribution in [3.8, 4) is 6.07 Å². The smallest absolute Gasteiger partial charge is 0.0656 e. The van der Waals surface area contributed by atoms with Gasteiger partial charge in [0.25, 0.3) is 0 Å². The Kier molecular flexibility index (Phi) is 2.84. The molecule has 0 bridgehead atoms. The van der Waals surface area contributed by atoms with Crippen LogP contribution < -0.4 is 0 Å². The van der Waals surface area contributed by atoms with Gasteiger partial charge in [-0.2, -0.15) is 5.26 Å². The Morgan fingerprint density at radius 3 is 2.64 bits per heavy atom. The van der Waals surface area contributed by atoms with Gasteiger partial charge in [0.1, 0.15) is 0 Å². The predicted octanol–water partition coefficient (Wildman–Crippen LogP) is 3.48. The molecule has 2 rings (SSSR count). The number of hydrogen-bond donors (Lipinski definition) is 0.